The molecule has 0 amide bonds. The third-order valence-electron chi connectivity index (χ3n) is 3.83. The van der Waals surface area contributed by atoms with Crippen LogP contribution in [-0.4, -0.2) is 33.3 Å². The number of thiocarbonyl (C=S) groups is 1. The Bertz CT molecular complexity index is 1060. The molecule has 0 aliphatic heterocycles. The number of nitrogens with zero attached hydrogens (tertiary/aromatic N) is 2. The highest BCUT2D eigenvalue weighted by atomic mass is 32.1. The molecule has 3 heterocycles. The van der Waals surface area contributed by atoms with Crippen molar-refractivity contribution in [3.05, 3.63) is 53.2 Å². The van der Waals surface area contributed by atoms with Crippen LogP contribution in [0.1, 0.15) is 0 Å². The molecule has 0 unspecified atom stereocenters. The molecule has 0 bridgehead atoms. The van der Waals surface area contributed by atoms with Crippen molar-refractivity contribution < 1.29 is 5.11 Å². The standard InChI is InChI=1S/C19H16N4OS3/c24-8-7-20-19(25)21-12-5-6-13-14(11-12)23-18(16-4-2-10-27-16)17(22-13)15-3-1-9-26-15/h1-6,9-11,24H,7-8H2,(H2,20,21,25). The van der Waals surface area contributed by atoms with Crippen LogP contribution in [0.5, 0.6) is 0 Å². The van der Waals surface area contributed by atoms with Gasteiger partial charge in [0.05, 0.1) is 27.4 Å². The Hall–Kier alpha value is -2.39. The Balaban J connectivity index is 1.76. The van der Waals surface area contributed by atoms with Crippen molar-refractivity contribution in [2.75, 3.05) is 18.5 Å². The van der Waals surface area contributed by atoms with E-state index in [1.54, 1.807) is 22.7 Å². The first-order chi connectivity index (χ1) is 13.2. The van der Waals surface area contributed by atoms with Gasteiger partial charge in [0.15, 0.2) is 5.11 Å². The van der Waals surface area contributed by atoms with E-state index in [0.717, 1.165) is 37.9 Å². The molecule has 5 nitrogen and oxygen atoms in total. The minimum atomic E-state index is 0.0285. The molecule has 0 atom stereocenters. The third-order valence-corrected chi connectivity index (χ3v) is 5.83. The largest absolute Gasteiger partial charge is 0.395 e. The van der Waals surface area contributed by atoms with Gasteiger partial charge >= 0.3 is 0 Å². The van der Waals surface area contributed by atoms with Gasteiger partial charge in [0.2, 0.25) is 0 Å². The van der Waals surface area contributed by atoms with E-state index >= 15 is 0 Å². The summed E-state index contributed by atoms with van der Waals surface area (Å²) >= 11 is 8.53. The van der Waals surface area contributed by atoms with E-state index in [1.807, 2.05) is 41.1 Å². The van der Waals surface area contributed by atoms with Gasteiger partial charge in [0.1, 0.15) is 11.4 Å². The van der Waals surface area contributed by atoms with Crippen LogP contribution in [0, 0.1) is 0 Å². The van der Waals surface area contributed by atoms with E-state index in [0.29, 0.717) is 11.7 Å². The highest BCUT2D eigenvalue weighted by Gasteiger charge is 2.15. The second-order valence-corrected chi connectivity index (χ2v) is 7.99. The summed E-state index contributed by atoms with van der Waals surface area (Å²) in [6, 6.07) is 14.0. The number of anilines is 1. The molecule has 8 heteroatoms. The van der Waals surface area contributed by atoms with E-state index in [2.05, 4.69) is 22.8 Å². The number of aliphatic hydroxyl groups excluding tert-OH is 1. The first-order valence-electron chi connectivity index (χ1n) is 8.30. The smallest absolute Gasteiger partial charge is 0.170 e. The van der Waals surface area contributed by atoms with Gasteiger partial charge in [-0.2, -0.15) is 0 Å². The van der Waals surface area contributed by atoms with Crippen molar-refractivity contribution in [3.63, 3.8) is 0 Å². The second kappa shape index (κ2) is 8.10. The molecule has 3 aromatic heterocycles. The summed E-state index contributed by atoms with van der Waals surface area (Å²) in [6.45, 7) is 0.437. The first-order valence-corrected chi connectivity index (χ1v) is 10.5. The molecule has 3 N–H and O–H groups in total. The minimum Gasteiger partial charge on any atom is -0.395 e. The summed E-state index contributed by atoms with van der Waals surface area (Å²) in [7, 11) is 0. The van der Waals surface area contributed by atoms with E-state index in [4.69, 9.17) is 27.3 Å². The third kappa shape index (κ3) is 3.98. The topological polar surface area (TPSA) is 70.1 Å². The van der Waals surface area contributed by atoms with Crippen LogP contribution in [0.15, 0.2) is 53.2 Å². The molecule has 0 saturated heterocycles. The fraction of sp³-hybridized carbons (Fsp3) is 0.105. The summed E-state index contributed by atoms with van der Waals surface area (Å²) in [6.07, 6.45) is 0. The van der Waals surface area contributed by atoms with E-state index in [9.17, 15) is 0 Å². The molecule has 136 valence electrons. The van der Waals surface area contributed by atoms with Gasteiger partial charge in [-0.1, -0.05) is 12.1 Å². The lowest BCUT2D eigenvalue weighted by Gasteiger charge is -2.11. The summed E-state index contributed by atoms with van der Waals surface area (Å²) in [5.74, 6) is 0. The quantitative estimate of drug-likeness (QED) is 0.423. The lowest BCUT2D eigenvalue weighted by atomic mass is 10.2. The average Bonchev–Trinajstić information content (AvgIpc) is 3.39. The van der Waals surface area contributed by atoms with Gasteiger partial charge in [-0.25, -0.2) is 9.97 Å². The molecule has 1 aromatic carbocycles. The summed E-state index contributed by atoms with van der Waals surface area (Å²) in [5, 5.41) is 19.5. The Labute approximate surface area is 169 Å². The van der Waals surface area contributed by atoms with Gasteiger partial charge in [0, 0.05) is 12.2 Å². The van der Waals surface area contributed by atoms with Crippen molar-refractivity contribution in [2.24, 2.45) is 0 Å². The lowest BCUT2D eigenvalue weighted by molar-refractivity contribution is 0.301. The Kier molecular flexibility index (Phi) is 5.40. The molecule has 0 aliphatic carbocycles. The number of fused-ring (bicyclic) bond motifs is 1. The maximum atomic E-state index is 8.88. The van der Waals surface area contributed by atoms with Crippen LogP contribution in [0.2, 0.25) is 0 Å². The Morgan fingerprint density at radius 2 is 1.63 bits per heavy atom. The molecule has 0 fully saturated rings. The number of aromatic nitrogens is 2. The predicted molar refractivity (Wildman–Crippen MR) is 117 cm³/mol. The zero-order valence-electron chi connectivity index (χ0n) is 14.2. The molecule has 0 radical (unpaired) electrons. The van der Waals surface area contributed by atoms with Crippen LogP contribution in [0.4, 0.5) is 5.69 Å². The van der Waals surface area contributed by atoms with Crippen molar-refractivity contribution in [3.8, 4) is 21.1 Å². The van der Waals surface area contributed by atoms with Gasteiger partial charge < -0.3 is 15.7 Å². The molecule has 4 rings (SSSR count). The monoisotopic (exact) mass is 412 g/mol. The van der Waals surface area contributed by atoms with Crippen LogP contribution < -0.4 is 10.6 Å². The number of aliphatic hydroxyl groups is 1. The molecule has 4 aromatic rings. The molecular weight excluding hydrogens is 396 g/mol. The highest BCUT2D eigenvalue weighted by Crippen LogP contribution is 2.35. The number of hydrogen-bond donors (Lipinski definition) is 3. The zero-order chi connectivity index (χ0) is 18.6. The highest BCUT2D eigenvalue weighted by molar-refractivity contribution is 7.80. The van der Waals surface area contributed by atoms with E-state index in [-0.39, 0.29) is 6.61 Å². The Morgan fingerprint density at radius 3 is 2.22 bits per heavy atom. The van der Waals surface area contributed by atoms with Crippen LogP contribution in [-0.2, 0) is 0 Å². The maximum Gasteiger partial charge on any atom is 0.170 e. The number of rotatable bonds is 5. The van der Waals surface area contributed by atoms with E-state index in [1.165, 1.54) is 0 Å². The predicted octanol–water partition coefficient (Wildman–Crippen LogP) is 4.37. The van der Waals surface area contributed by atoms with Crippen molar-refractivity contribution in [1.82, 2.24) is 15.3 Å². The second-order valence-electron chi connectivity index (χ2n) is 5.68. The lowest BCUT2D eigenvalue weighted by Crippen LogP contribution is -2.30. The summed E-state index contributed by atoms with van der Waals surface area (Å²) < 4.78 is 0. The molecule has 0 saturated carbocycles. The van der Waals surface area contributed by atoms with Gasteiger partial charge in [-0.15, -0.1) is 22.7 Å². The van der Waals surface area contributed by atoms with Crippen molar-refractivity contribution >= 4 is 56.7 Å². The Morgan fingerprint density at radius 1 is 0.963 bits per heavy atom. The van der Waals surface area contributed by atoms with Crippen LogP contribution in [0.25, 0.3) is 32.2 Å². The first kappa shape index (κ1) is 18.0. The average molecular weight is 413 g/mol. The van der Waals surface area contributed by atoms with E-state index < -0.39 is 0 Å². The van der Waals surface area contributed by atoms with Crippen molar-refractivity contribution in [2.45, 2.75) is 0 Å². The van der Waals surface area contributed by atoms with Crippen molar-refractivity contribution in [1.29, 1.82) is 0 Å². The molecular formula is C19H16N4OS3. The fourth-order valence-corrected chi connectivity index (χ4v) is 4.30. The van der Waals surface area contributed by atoms with Crippen LogP contribution >= 0.6 is 34.9 Å². The van der Waals surface area contributed by atoms with Gasteiger partial charge in [0.25, 0.3) is 0 Å². The number of thiophene rings is 2. The van der Waals surface area contributed by atoms with Crippen LogP contribution in [0.3, 0.4) is 0 Å². The molecule has 0 aliphatic rings. The molecule has 27 heavy (non-hydrogen) atoms. The zero-order valence-corrected chi connectivity index (χ0v) is 16.6. The molecule has 0 spiro atoms. The summed E-state index contributed by atoms with van der Waals surface area (Å²) in [4.78, 5) is 12.0. The van der Waals surface area contributed by atoms with Gasteiger partial charge in [-0.05, 0) is 53.3 Å². The number of benzene rings is 1. The fourth-order valence-electron chi connectivity index (χ4n) is 2.65. The number of nitrogens with one attached hydrogen (secondary N) is 2. The normalized spacial score (nSPS) is 10.9. The van der Waals surface area contributed by atoms with Gasteiger partial charge in [-0.3, -0.25) is 0 Å². The number of hydrogen-bond acceptors (Lipinski definition) is 6. The SMILES string of the molecule is OCCNC(=S)Nc1ccc2nc(-c3cccs3)c(-c3cccs3)nc2c1. The summed E-state index contributed by atoms with van der Waals surface area (Å²) in [5.41, 5.74) is 4.25. The minimum absolute atomic E-state index is 0.0285. The maximum absolute atomic E-state index is 8.88.